The molecule has 3 aromatic rings. The Morgan fingerprint density at radius 1 is 1.08 bits per heavy atom. The summed E-state index contributed by atoms with van der Waals surface area (Å²) >= 11 is 0. The van der Waals surface area contributed by atoms with Gasteiger partial charge in [-0.3, -0.25) is 0 Å². The van der Waals surface area contributed by atoms with Crippen molar-refractivity contribution in [2.24, 2.45) is 0 Å². The van der Waals surface area contributed by atoms with Crippen LogP contribution in [0.25, 0.3) is 21.9 Å². The summed E-state index contributed by atoms with van der Waals surface area (Å²) in [5.74, 6) is 0. The van der Waals surface area contributed by atoms with Crippen LogP contribution in [0.15, 0.2) is 78.0 Å². The molecule has 4 rings (SSSR count). The monoisotopic (exact) mass is 315 g/mol. The molecule has 0 N–H and O–H groups in total. The van der Waals surface area contributed by atoms with Crippen LogP contribution in [0.4, 0.5) is 0 Å². The average Bonchev–Trinajstić information content (AvgIpc) is 3.02. The van der Waals surface area contributed by atoms with Crippen molar-refractivity contribution in [2.45, 2.75) is 25.8 Å². The molecule has 1 atom stereocenters. The molecule has 0 radical (unpaired) electrons. The SMILES string of the molecule is C=CN1C=CC=CC1c1cccc2c1oc1c(CCC)cccc12. The summed E-state index contributed by atoms with van der Waals surface area (Å²) < 4.78 is 6.39. The topological polar surface area (TPSA) is 16.4 Å². The molecule has 0 amide bonds. The first-order chi connectivity index (χ1) is 11.8. The van der Waals surface area contributed by atoms with Gasteiger partial charge < -0.3 is 9.32 Å². The molecule has 1 aromatic heterocycles. The van der Waals surface area contributed by atoms with Crippen molar-refractivity contribution >= 4 is 21.9 Å². The number of allylic oxidation sites excluding steroid dienone is 2. The van der Waals surface area contributed by atoms with Gasteiger partial charge in [-0.25, -0.2) is 0 Å². The minimum absolute atomic E-state index is 0.117. The van der Waals surface area contributed by atoms with Gasteiger partial charge in [0.15, 0.2) is 0 Å². The van der Waals surface area contributed by atoms with Gasteiger partial charge in [-0.05, 0) is 24.3 Å². The molecule has 2 heteroatoms. The van der Waals surface area contributed by atoms with E-state index in [0.29, 0.717) is 0 Å². The second-order valence-corrected chi connectivity index (χ2v) is 6.17. The lowest BCUT2D eigenvalue weighted by Crippen LogP contribution is -2.17. The number of fused-ring (bicyclic) bond motifs is 3. The summed E-state index contributed by atoms with van der Waals surface area (Å²) in [5, 5.41) is 2.39. The fourth-order valence-electron chi connectivity index (χ4n) is 3.55. The molecule has 1 aliphatic heterocycles. The Bertz CT molecular complexity index is 961. The molecule has 2 aromatic carbocycles. The Morgan fingerprint density at radius 2 is 1.88 bits per heavy atom. The van der Waals surface area contributed by atoms with Crippen LogP contribution in [0, 0.1) is 0 Å². The predicted octanol–water partition coefficient (Wildman–Crippen LogP) is 6.11. The van der Waals surface area contributed by atoms with Gasteiger partial charge in [0.1, 0.15) is 11.2 Å². The first kappa shape index (κ1) is 14.8. The zero-order valence-electron chi connectivity index (χ0n) is 13.9. The number of hydrogen-bond acceptors (Lipinski definition) is 2. The minimum atomic E-state index is 0.117. The molecule has 2 nitrogen and oxygen atoms in total. The number of para-hydroxylation sites is 2. The largest absolute Gasteiger partial charge is 0.455 e. The van der Waals surface area contributed by atoms with Gasteiger partial charge in [-0.2, -0.15) is 0 Å². The van der Waals surface area contributed by atoms with E-state index in [1.165, 1.54) is 21.9 Å². The summed E-state index contributed by atoms with van der Waals surface area (Å²) in [5.41, 5.74) is 4.47. The summed E-state index contributed by atoms with van der Waals surface area (Å²) in [4.78, 5) is 2.11. The zero-order chi connectivity index (χ0) is 16.5. The highest BCUT2D eigenvalue weighted by Gasteiger charge is 2.21. The van der Waals surface area contributed by atoms with Crippen LogP contribution >= 0.6 is 0 Å². The fraction of sp³-hybridized carbons (Fsp3) is 0.182. The molecule has 0 saturated carbocycles. The third-order valence-corrected chi connectivity index (χ3v) is 4.67. The molecule has 0 saturated heterocycles. The van der Waals surface area contributed by atoms with Crippen LogP contribution in [0.5, 0.6) is 0 Å². The Balaban J connectivity index is 1.96. The van der Waals surface area contributed by atoms with Crippen LogP contribution in [0.2, 0.25) is 0 Å². The number of nitrogens with zero attached hydrogens (tertiary/aromatic N) is 1. The maximum Gasteiger partial charge on any atom is 0.141 e. The van der Waals surface area contributed by atoms with E-state index in [2.05, 4.69) is 67.0 Å². The van der Waals surface area contributed by atoms with E-state index in [0.717, 1.165) is 24.0 Å². The maximum absolute atomic E-state index is 6.39. The second kappa shape index (κ2) is 6.04. The molecule has 24 heavy (non-hydrogen) atoms. The number of benzene rings is 2. The number of hydrogen-bond donors (Lipinski definition) is 0. The summed E-state index contributed by atoms with van der Waals surface area (Å²) in [7, 11) is 0. The van der Waals surface area contributed by atoms with Crippen molar-refractivity contribution in [3.63, 3.8) is 0 Å². The van der Waals surface area contributed by atoms with E-state index >= 15 is 0 Å². The Kier molecular flexibility index (Phi) is 3.73. The minimum Gasteiger partial charge on any atom is -0.455 e. The normalized spacial score (nSPS) is 17.0. The van der Waals surface area contributed by atoms with Gasteiger partial charge in [-0.15, -0.1) is 0 Å². The number of aryl methyl sites for hydroxylation is 1. The lowest BCUT2D eigenvalue weighted by atomic mass is 10.00. The third kappa shape index (κ3) is 2.26. The molecular formula is C22H21NO. The first-order valence-electron chi connectivity index (χ1n) is 8.51. The van der Waals surface area contributed by atoms with Crippen molar-refractivity contribution in [3.8, 4) is 0 Å². The highest BCUT2D eigenvalue weighted by Crippen LogP contribution is 2.37. The van der Waals surface area contributed by atoms with Gasteiger partial charge in [-0.1, -0.05) is 68.5 Å². The molecule has 0 bridgehead atoms. The third-order valence-electron chi connectivity index (χ3n) is 4.67. The van der Waals surface area contributed by atoms with E-state index in [1.807, 2.05) is 18.5 Å². The second-order valence-electron chi connectivity index (χ2n) is 6.17. The standard InChI is InChI=1S/C22H21NO/c1-3-9-16-10-7-11-17-18-12-8-13-19(22(18)24-21(16)17)20-14-5-6-15-23(20)4-2/h4-8,10-15,20H,2-3,9H2,1H3. The number of rotatable bonds is 4. The van der Waals surface area contributed by atoms with Crippen LogP contribution < -0.4 is 0 Å². The van der Waals surface area contributed by atoms with E-state index < -0.39 is 0 Å². The summed E-state index contributed by atoms with van der Waals surface area (Å²) in [6, 6.07) is 13.0. The first-order valence-corrected chi connectivity index (χ1v) is 8.51. The quantitative estimate of drug-likeness (QED) is 0.577. The van der Waals surface area contributed by atoms with E-state index in [1.54, 1.807) is 0 Å². The van der Waals surface area contributed by atoms with Gasteiger partial charge in [0, 0.05) is 22.5 Å². The van der Waals surface area contributed by atoms with Gasteiger partial charge in [0.05, 0.1) is 6.04 Å². The van der Waals surface area contributed by atoms with E-state index in [4.69, 9.17) is 4.42 Å². The molecule has 120 valence electrons. The van der Waals surface area contributed by atoms with Gasteiger partial charge in [0.2, 0.25) is 0 Å². The van der Waals surface area contributed by atoms with Crippen molar-refractivity contribution in [3.05, 3.63) is 84.7 Å². The lowest BCUT2D eigenvalue weighted by Gasteiger charge is -2.27. The zero-order valence-corrected chi connectivity index (χ0v) is 13.9. The highest BCUT2D eigenvalue weighted by molar-refractivity contribution is 6.07. The summed E-state index contributed by atoms with van der Waals surface area (Å²) in [6.07, 6.45) is 12.3. The van der Waals surface area contributed by atoms with Crippen LogP contribution in [-0.2, 0) is 6.42 Å². The van der Waals surface area contributed by atoms with Crippen molar-refractivity contribution in [2.75, 3.05) is 0 Å². The van der Waals surface area contributed by atoms with Crippen molar-refractivity contribution in [1.29, 1.82) is 0 Å². The predicted molar refractivity (Wildman–Crippen MR) is 101 cm³/mol. The Hall–Kier alpha value is -2.74. The van der Waals surface area contributed by atoms with Crippen LogP contribution in [0.3, 0.4) is 0 Å². The smallest absolute Gasteiger partial charge is 0.141 e. The maximum atomic E-state index is 6.39. The number of furan rings is 1. The van der Waals surface area contributed by atoms with Crippen molar-refractivity contribution < 1.29 is 4.42 Å². The van der Waals surface area contributed by atoms with Gasteiger partial charge in [0.25, 0.3) is 0 Å². The molecule has 2 heterocycles. The lowest BCUT2D eigenvalue weighted by molar-refractivity contribution is 0.433. The summed E-state index contributed by atoms with van der Waals surface area (Å²) in [6.45, 7) is 6.13. The molecule has 1 aliphatic rings. The molecule has 1 unspecified atom stereocenters. The molecule has 0 aliphatic carbocycles. The van der Waals surface area contributed by atoms with Crippen LogP contribution in [0.1, 0.15) is 30.5 Å². The van der Waals surface area contributed by atoms with Crippen LogP contribution in [-0.4, -0.2) is 4.90 Å². The Morgan fingerprint density at radius 3 is 2.67 bits per heavy atom. The van der Waals surface area contributed by atoms with Crippen molar-refractivity contribution in [1.82, 2.24) is 4.90 Å². The Labute approximate surface area is 142 Å². The van der Waals surface area contributed by atoms with E-state index in [-0.39, 0.29) is 6.04 Å². The van der Waals surface area contributed by atoms with Gasteiger partial charge >= 0.3 is 0 Å². The van der Waals surface area contributed by atoms with E-state index in [9.17, 15) is 0 Å². The molecule has 0 fully saturated rings. The molecular weight excluding hydrogens is 294 g/mol. The molecule has 0 spiro atoms. The average molecular weight is 315 g/mol. The highest BCUT2D eigenvalue weighted by atomic mass is 16.3. The fourth-order valence-corrected chi connectivity index (χ4v) is 3.55.